The molecule has 2 fully saturated rings. The first kappa shape index (κ1) is 13.5. The summed E-state index contributed by atoms with van der Waals surface area (Å²) in [6.45, 7) is 4.59. The van der Waals surface area contributed by atoms with Crippen molar-refractivity contribution < 1.29 is 14.3 Å². The molecule has 0 bridgehead atoms. The van der Waals surface area contributed by atoms with E-state index in [-0.39, 0.29) is 5.56 Å². The molecule has 0 radical (unpaired) electrons. The molecule has 0 amide bonds. The fourth-order valence-corrected chi connectivity index (χ4v) is 3.31. The number of piperazine rings is 1. The first-order valence-electron chi connectivity index (χ1n) is 7.12. The van der Waals surface area contributed by atoms with E-state index in [2.05, 4.69) is 9.80 Å². The molecule has 0 saturated carbocycles. The Morgan fingerprint density at radius 2 is 2.20 bits per heavy atom. The van der Waals surface area contributed by atoms with E-state index in [1.807, 2.05) is 0 Å². The lowest BCUT2D eigenvalue weighted by atomic mass is 10.1. The molecule has 1 aromatic rings. The van der Waals surface area contributed by atoms with Crippen molar-refractivity contribution in [2.24, 2.45) is 0 Å². The van der Waals surface area contributed by atoms with Crippen LogP contribution in [0.1, 0.15) is 28.8 Å². The summed E-state index contributed by atoms with van der Waals surface area (Å²) in [4.78, 5) is 15.7. The summed E-state index contributed by atoms with van der Waals surface area (Å²) in [5.41, 5.74) is 0.248. The van der Waals surface area contributed by atoms with E-state index >= 15 is 0 Å². The van der Waals surface area contributed by atoms with Crippen LogP contribution in [0.4, 0.5) is 4.39 Å². The van der Waals surface area contributed by atoms with E-state index in [9.17, 15) is 9.18 Å². The molecule has 2 aliphatic heterocycles. The molecule has 3 rings (SSSR count). The summed E-state index contributed by atoms with van der Waals surface area (Å²) in [7, 11) is 0. The van der Waals surface area contributed by atoms with Crippen LogP contribution in [0, 0.1) is 5.82 Å². The van der Waals surface area contributed by atoms with Crippen molar-refractivity contribution in [3.05, 3.63) is 35.1 Å². The molecule has 2 aliphatic rings. The minimum Gasteiger partial charge on any atom is -0.478 e. The van der Waals surface area contributed by atoms with Gasteiger partial charge in [-0.05, 0) is 25.5 Å². The van der Waals surface area contributed by atoms with Gasteiger partial charge in [0.05, 0.1) is 5.56 Å². The van der Waals surface area contributed by atoms with Gasteiger partial charge in [0.25, 0.3) is 0 Å². The molecular formula is C15H19FN2O2. The summed E-state index contributed by atoms with van der Waals surface area (Å²) in [6.07, 6.45) is 2.47. The van der Waals surface area contributed by atoms with E-state index < -0.39 is 11.8 Å². The second kappa shape index (κ2) is 5.50. The lowest BCUT2D eigenvalue weighted by Gasteiger charge is -2.37. The molecule has 2 heterocycles. The normalized spacial score (nSPS) is 23.8. The van der Waals surface area contributed by atoms with E-state index in [4.69, 9.17) is 5.11 Å². The van der Waals surface area contributed by atoms with E-state index in [1.54, 1.807) is 12.1 Å². The van der Waals surface area contributed by atoms with E-state index in [0.717, 1.165) is 19.6 Å². The van der Waals surface area contributed by atoms with Crippen molar-refractivity contribution in [2.75, 3.05) is 26.2 Å². The van der Waals surface area contributed by atoms with Crippen LogP contribution in [0.2, 0.25) is 0 Å². The van der Waals surface area contributed by atoms with E-state index in [0.29, 0.717) is 18.2 Å². The maximum atomic E-state index is 14.1. The van der Waals surface area contributed by atoms with Crippen LogP contribution in [0.15, 0.2) is 18.2 Å². The number of hydrogen-bond acceptors (Lipinski definition) is 3. The molecule has 1 aromatic carbocycles. The minimum atomic E-state index is -1.20. The number of hydrogen-bond donors (Lipinski definition) is 1. The van der Waals surface area contributed by atoms with Gasteiger partial charge in [0.15, 0.2) is 0 Å². The molecular weight excluding hydrogens is 259 g/mol. The van der Waals surface area contributed by atoms with Gasteiger partial charge in [0.2, 0.25) is 0 Å². The van der Waals surface area contributed by atoms with Gasteiger partial charge in [-0.25, -0.2) is 9.18 Å². The zero-order valence-corrected chi connectivity index (χ0v) is 11.4. The molecule has 1 unspecified atom stereocenters. The first-order valence-corrected chi connectivity index (χ1v) is 7.12. The molecule has 0 aromatic heterocycles. The number of aromatic carboxylic acids is 1. The molecule has 2 saturated heterocycles. The Hall–Kier alpha value is -1.46. The lowest BCUT2D eigenvalue weighted by Crippen LogP contribution is -2.49. The Balaban J connectivity index is 1.72. The molecule has 5 heteroatoms. The highest BCUT2D eigenvalue weighted by atomic mass is 19.1. The van der Waals surface area contributed by atoms with Gasteiger partial charge in [-0.15, -0.1) is 0 Å². The number of nitrogens with zero attached hydrogens (tertiary/aromatic N) is 2. The topological polar surface area (TPSA) is 43.8 Å². The molecule has 0 aliphatic carbocycles. The maximum Gasteiger partial charge on any atom is 0.338 e. The van der Waals surface area contributed by atoms with Crippen LogP contribution in [-0.4, -0.2) is 53.1 Å². The van der Waals surface area contributed by atoms with Gasteiger partial charge >= 0.3 is 5.97 Å². The third-order valence-electron chi connectivity index (χ3n) is 4.37. The Morgan fingerprint density at radius 1 is 1.35 bits per heavy atom. The summed E-state index contributed by atoms with van der Waals surface area (Å²) < 4.78 is 14.1. The predicted octanol–water partition coefficient (Wildman–Crippen LogP) is 1.80. The highest BCUT2D eigenvalue weighted by Crippen LogP contribution is 2.23. The Morgan fingerprint density at radius 3 is 3.00 bits per heavy atom. The van der Waals surface area contributed by atoms with Crippen molar-refractivity contribution in [1.29, 1.82) is 0 Å². The Kier molecular flexibility index (Phi) is 3.72. The molecule has 108 valence electrons. The summed E-state index contributed by atoms with van der Waals surface area (Å²) in [5.74, 6) is -1.79. The fourth-order valence-electron chi connectivity index (χ4n) is 3.31. The summed E-state index contributed by atoms with van der Waals surface area (Å²) in [6, 6.07) is 5.21. The maximum absolute atomic E-state index is 14.1. The third-order valence-corrected chi connectivity index (χ3v) is 4.37. The number of benzene rings is 1. The number of carboxylic acids is 1. The average molecular weight is 278 g/mol. The first-order chi connectivity index (χ1) is 9.65. The molecule has 4 nitrogen and oxygen atoms in total. The lowest BCUT2D eigenvalue weighted by molar-refractivity contribution is 0.0690. The van der Waals surface area contributed by atoms with Gasteiger partial charge in [-0.2, -0.15) is 0 Å². The largest absolute Gasteiger partial charge is 0.478 e. The second-order valence-electron chi connectivity index (χ2n) is 5.65. The van der Waals surface area contributed by atoms with E-state index in [1.165, 1.54) is 25.5 Å². The van der Waals surface area contributed by atoms with Crippen LogP contribution in [0.3, 0.4) is 0 Å². The van der Waals surface area contributed by atoms with Crippen molar-refractivity contribution in [3.8, 4) is 0 Å². The van der Waals surface area contributed by atoms with Gasteiger partial charge in [-0.3, -0.25) is 9.80 Å². The summed E-state index contributed by atoms with van der Waals surface area (Å²) >= 11 is 0. The second-order valence-corrected chi connectivity index (χ2v) is 5.65. The van der Waals surface area contributed by atoms with Gasteiger partial charge in [0, 0.05) is 37.8 Å². The number of halogens is 1. The van der Waals surface area contributed by atoms with Crippen LogP contribution < -0.4 is 0 Å². The highest BCUT2D eigenvalue weighted by Gasteiger charge is 2.30. The molecule has 1 atom stereocenters. The molecule has 1 N–H and O–H groups in total. The Bertz CT molecular complexity index is 521. The molecule has 20 heavy (non-hydrogen) atoms. The van der Waals surface area contributed by atoms with Crippen molar-refractivity contribution in [3.63, 3.8) is 0 Å². The standard InChI is InChI=1S/C15H19FN2O2/c16-14-11(3-1-5-13(14)15(19)20)9-17-7-8-18-6-2-4-12(18)10-17/h1,3,5,12H,2,4,6-10H2,(H,19,20). The quantitative estimate of drug-likeness (QED) is 0.915. The average Bonchev–Trinajstić information content (AvgIpc) is 2.88. The zero-order chi connectivity index (χ0) is 14.1. The molecule has 0 spiro atoms. The minimum absolute atomic E-state index is 0.234. The van der Waals surface area contributed by atoms with Gasteiger partial charge in [-0.1, -0.05) is 12.1 Å². The smallest absolute Gasteiger partial charge is 0.338 e. The number of rotatable bonds is 3. The SMILES string of the molecule is O=C(O)c1cccc(CN2CCN3CCCC3C2)c1F. The van der Waals surface area contributed by atoms with Crippen LogP contribution in [0.25, 0.3) is 0 Å². The van der Waals surface area contributed by atoms with Gasteiger partial charge < -0.3 is 5.11 Å². The van der Waals surface area contributed by atoms with Crippen LogP contribution in [-0.2, 0) is 6.54 Å². The summed E-state index contributed by atoms with van der Waals surface area (Å²) in [5, 5.41) is 8.96. The van der Waals surface area contributed by atoms with Crippen molar-refractivity contribution >= 4 is 5.97 Å². The van der Waals surface area contributed by atoms with Crippen molar-refractivity contribution in [1.82, 2.24) is 9.80 Å². The van der Waals surface area contributed by atoms with Crippen molar-refractivity contribution in [2.45, 2.75) is 25.4 Å². The van der Waals surface area contributed by atoms with Gasteiger partial charge in [0.1, 0.15) is 5.82 Å². The highest BCUT2D eigenvalue weighted by molar-refractivity contribution is 5.88. The van der Waals surface area contributed by atoms with Crippen LogP contribution in [0.5, 0.6) is 0 Å². The Labute approximate surface area is 117 Å². The van der Waals surface area contributed by atoms with Crippen LogP contribution >= 0.6 is 0 Å². The zero-order valence-electron chi connectivity index (χ0n) is 11.4. The number of fused-ring (bicyclic) bond motifs is 1. The monoisotopic (exact) mass is 278 g/mol. The third kappa shape index (κ3) is 2.55. The number of carboxylic acid groups (broad SMARTS) is 1. The number of carbonyl (C=O) groups is 1. The predicted molar refractivity (Wildman–Crippen MR) is 73.2 cm³/mol. The fraction of sp³-hybridized carbons (Fsp3) is 0.533.